The Balaban J connectivity index is 2.61. The van der Waals surface area contributed by atoms with E-state index in [-0.39, 0.29) is 0 Å². The minimum Gasteiger partial charge on any atom is -0.480 e. The van der Waals surface area contributed by atoms with Gasteiger partial charge < -0.3 is 21.1 Å². The summed E-state index contributed by atoms with van der Waals surface area (Å²) < 4.78 is 23.8. The van der Waals surface area contributed by atoms with Crippen LogP contribution in [0.1, 0.15) is 0 Å². The zero-order valence-corrected chi connectivity index (χ0v) is 13.9. The predicted octanol–water partition coefficient (Wildman–Crippen LogP) is -3.98. The average molecular weight is 397 g/mol. The van der Waals surface area contributed by atoms with Crippen molar-refractivity contribution < 1.29 is 37.8 Å². The zero-order chi connectivity index (χ0) is 20.3. The first kappa shape index (κ1) is 21.2. The molecule has 4 N–H and O–H groups in total. The first-order chi connectivity index (χ1) is 11.8. The molecule has 1 rings (SSSR count). The summed E-state index contributed by atoms with van der Waals surface area (Å²) in [4.78, 5) is 53.3. The van der Waals surface area contributed by atoms with E-state index in [0.717, 1.165) is 0 Å². The number of rotatable bonds is 9. The van der Waals surface area contributed by atoms with Gasteiger partial charge in [-0.1, -0.05) is 0 Å². The number of nitrogens with two attached hydrogens (primary N) is 1. The third-order valence-electron chi connectivity index (χ3n) is 3.45. The van der Waals surface area contributed by atoms with E-state index in [2.05, 4.69) is 0 Å². The Morgan fingerprint density at radius 2 is 1.73 bits per heavy atom. The Kier molecular flexibility index (Phi) is 6.16. The lowest BCUT2D eigenvalue weighted by molar-refractivity contribution is -0.809. The van der Waals surface area contributed by atoms with Crippen LogP contribution in [-0.4, -0.2) is 88.9 Å². The monoisotopic (exact) mass is 397 g/mol. The summed E-state index contributed by atoms with van der Waals surface area (Å²) in [6, 6.07) is -1.64. The molecule has 0 radical (unpaired) electrons. The van der Waals surface area contributed by atoms with Crippen LogP contribution in [0.4, 0.5) is 0 Å². The molecule has 26 heavy (non-hydrogen) atoms. The second-order valence-corrected chi connectivity index (χ2v) is 7.63. The van der Waals surface area contributed by atoms with E-state index < -0.39 is 80.3 Å². The first-order valence-corrected chi connectivity index (χ1v) is 8.65. The number of carbonyl (C=O) groups is 3. The fourth-order valence-electron chi connectivity index (χ4n) is 2.02. The molecule has 1 atom stereocenters. The quantitative estimate of drug-likeness (QED) is 0.193. The number of carbonyl (C=O) groups excluding carboxylic acids is 2. The number of hydrogen-bond acceptors (Lipinski definition) is 10. The van der Waals surface area contributed by atoms with E-state index in [0.29, 0.717) is 4.90 Å². The highest BCUT2D eigenvalue weighted by atomic mass is 32.2. The highest BCUT2D eigenvalue weighted by Crippen LogP contribution is 2.25. The summed E-state index contributed by atoms with van der Waals surface area (Å²) >= 11 is 0. The van der Waals surface area contributed by atoms with Crippen LogP contribution in [0.25, 0.3) is 0 Å². The largest absolute Gasteiger partial charge is 0.492 e. The molecule has 1 aliphatic heterocycles. The van der Waals surface area contributed by atoms with Crippen LogP contribution in [0.3, 0.4) is 0 Å². The molecule has 1 heterocycles. The highest BCUT2D eigenvalue weighted by molar-refractivity contribution is 7.92. The molecule has 16 heteroatoms. The lowest BCUT2D eigenvalue weighted by Crippen LogP contribution is -2.71. The van der Waals surface area contributed by atoms with Gasteiger partial charge in [0, 0.05) is 0 Å². The molecular weight excluding hydrogens is 382 g/mol. The Labute approximate surface area is 145 Å². The van der Waals surface area contributed by atoms with Crippen molar-refractivity contribution in [2.75, 3.05) is 31.1 Å². The van der Waals surface area contributed by atoms with Gasteiger partial charge in [-0.05, 0) is 0 Å². The maximum Gasteiger partial charge on any atom is 0.492 e. The van der Waals surface area contributed by atoms with Gasteiger partial charge in [0.2, 0.25) is 11.8 Å². The summed E-state index contributed by atoms with van der Waals surface area (Å²) in [6.07, 6.45) is 0. The van der Waals surface area contributed by atoms with Gasteiger partial charge in [-0.2, -0.15) is 0 Å². The first-order valence-electron chi connectivity index (χ1n) is 6.83. The van der Waals surface area contributed by atoms with Crippen LogP contribution in [0, 0.1) is 20.2 Å². The maximum atomic E-state index is 11.9. The van der Waals surface area contributed by atoms with Gasteiger partial charge in [0.25, 0.3) is 0 Å². The fraction of sp³-hybridized carbons (Fsp3) is 0.700. The number of hydrogen-bond donors (Lipinski definition) is 3. The van der Waals surface area contributed by atoms with E-state index >= 15 is 0 Å². The number of nitrogens with zero attached hydrogens (tertiary/aromatic N) is 3. The predicted molar refractivity (Wildman–Crippen MR) is 80.6 cm³/mol. The molecule has 0 aromatic rings. The molecule has 0 spiro atoms. The minimum atomic E-state index is -4.23. The van der Waals surface area contributed by atoms with Gasteiger partial charge in [0.15, 0.2) is 22.9 Å². The summed E-state index contributed by atoms with van der Waals surface area (Å²) in [6.45, 7) is -2.54. The van der Waals surface area contributed by atoms with Crippen molar-refractivity contribution in [3.8, 4) is 0 Å². The number of amides is 2. The molecule has 1 fully saturated rings. The Bertz CT molecular complexity index is 727. The molecule has 0 saturated carbocycles. The summed E-state index contributed by atoms with van der Waals surface area (Å²) in [5, 5.41) is 31.7. The van der Waals surface area contributed by atoms with Crippen LogP contribution in [0.5, 0.6) is 0 Å². The van der Waals surface area contributed by atoms with Crippen molar-refractivity contribution in [2.45, 2.75) is 11.7 Å². The van der Waals surface area contributed by atoms with Gasteiger partial charge in [0.1, 0.15) is 22.1 Å². The van der Waals surface area contributed by atoms with Crippen LogP contribution < -0.4 is 11.1 Å². The lowest BCUT2D eigenvalue weighted by Gasteiger charge is -2.35. The number of carboxylic acids is 1. The molecule has 0 aromatic heterocycles. The highest BCUT2D eigenvalue weighted by Gasteiger charge is 2.67. The third kappa shape index (κ3) is 4.82. The fourth-order valence-corrected chi connectivity index (χ4v) is 3.40. The van der Waals surface area contributed by atoms with Crippen LogP contribution in [0.2, 0.25) is 0 Å². The SMILES string of the molecule is N[C@@H](CS(=O)(=O)CC(=O)N1CC([N+](=O)[O-])([N+](=O)[O-])C1)C(=O)NCC(=O)O. The number of likely N-dealkylation sites (tertiary alicyclic amines) is 1. The minimum absolute atomic E-state index is 0.638. The Morgan fingerprint density at radius 3 is 2.15 bits per heavy atom. The van der Waals surface area contributed by atoms with Crippen molar-refractivity contribution in [2.24, 2.45) is 5.73 Å². The van der Waals surface area contributed by atoms with Gasteiger partial charge in [-0.3, -0.25) is 34.6 Å². The van der Waals surface area contributed by atoms with E-state index in [4.69, 9.17) is 10.8 Å². The van der Waals surface area contributed by atoms with E-state index in [1.54, 1.807) is 0 Å². The van der Waals surface area contributed by atoms with Crippen LogP contribution in [-0.2, 0) is 24.2 Å². The number of aliphatic carboxylic acids is 1. The molecule has 15 nitrogen and oxygen atoms in total. The third-order valence-corrected chi connectivity index (χ3v) is 5.00. The second-order valence-electron chi connectivity index (χ2n) is 5.52. The molecular formula is C10H15N5O10S. The number of carboxylic acid groups (broad SMARTS) is 1. The molecule has 1 saturated heterocycles. The summed E-state index contributed by atoms with van der Waals surface area (Å²) in [7, 11) is -4.23. The molecule has 146 valence electrons. The maximum absolute atomic E-state index is 11.9. The van der Waals surface area contributed by atoms with E-state index in [1.807, 2.05) is 5.32 Å². The van der Waals surface area contributed by atoms with Gasteiger partial charge in [-0.25, -0.2) is 8.42 Å². The average Bonchev–Trinajstić information content (AvgIpc) is 2.41. The topological polar surface area (TPSA) is 233 Å². The summed E-state index contributed by atoms with van der Waals surface area (Å²) in [5.74, 6) is -5.68. The molecule has 0 bridgehead atoms. The Morgan fingerprint density at radius 1 is 1.23 bits per heavy atom. The number of sulfone groups is 1. The van der Waals surface area contributed by atoms with E-state index in [9.17, 15) is 43.0 Å². The van der Waals surface area contributed by atoms with Crippen molar-refractivity contribution in [3.63, 3.8) is 0 Å². The molecule has 1 aliphatic rings. The second kappa shape index (κ2) is 7.56. The smallest absolute Gasteiger partial charge is 0.480 e. The molecule has 0 aliphatic carbocycles. The molecule has 2 amide bonds. The number of nitrogens with one attached hydrogen (secondary N) is 1. The summed E-state index contributed by atoms with van der Waals surface area (Å²) in [5.41, 5.74) is 2.76. The Hall–Kier alpha value is -2.88. The molecule has 0 unspecified atom stereocenters. The number of nitro groups is 2. The van der Waals surface area contributed by atoms with Crippen molar-refractivity contribution >= 4 is 27.6 Å². The van der Waals surface area contributed by atoms with Crippen LogP contribution >= 0.6 is 0 Å². The lowest BCUT2D eigenvalue weighted by atomic mass is 10.0. The van der Waals surface area contributed by atoms with Gasteiger partial charge in [-0.15, -0.1) is 0 Å². The van der Waals surface area contributed by atoms with Crippen molar-refractivity contribution in [1.82, 2.24) is 10.2 Å². The van der Waals surface area contributed by atoms with E-state index in [1.165, 1.54) is 0 Å². The van der Waals surface area contributed by atoms with Gasteiger partial charge in [0.05, 0.1) is 11.8 Å². The zero-order valence-electron chi connectivity index (χ0n) is 13.1. The normalized spacial score (nSPS) is 16.9. The van der Waals surface area contributed by atoms with Gasteiger partial charge >= 0.3 is 11.6 Å². The van der Waals surface area contributed by atoms with Crippen molar-refractivity contribution in [1.29, 1.82) is 0 Å². The van der Waals surface area contributed by atoms with Crippen molar-refractivity contribution in [3.05, 3.63) is 20.2 Å². The molecule has 0 aromatic carbocycles. The van der Waals surface area contributed by atoms with Crippen LogP contribution in [0.15, 0.2) is 0 Å². The standard InChI is InChI=1S/C10H15N5O10S/c11-6(9(19)12-1-8(17)18)2-26(24,25)3-7(16)13-4-10(5-13,14(20)21)15(22)23/h6H,1-5,11H2,(H,12,19)(H,17,18)/t6-/m0/s1.